The number of fused-ring (bicyclic) bond motifs is 1. The highest BCUT2D eigenvalue weighted by Crippen LogP contribution is 2.30. The van der Waals surface area contributed by atoms with E-state index in [2.05, 4.69) is 4.98 Å². The minimum Gasteiger partial charge on any atom is -0.497 e. The Kier molecular flexibility index (Phi) is 3.83. The zero-order valence-corrected chi connectivity index (χ0v) is 12.1. The van der Waals surface area contributed by atoms with Crippen LogP contribution < -0.4 is 10.5 Å². The van der Waals surface area contributed by atoms with Gasteiger partial charge < -0.3 is 15.2 Å². The first-order valence-corrected chi connectivity index (χ1v) is 6.38. The molecule has 0 saturated heterocycles. The first-order valence-electron chi connectivity index (χ1n) is 6.38. The molecule has 2 aromatic rings. The predicted octanol–water partition coefficient (Wildman–Crippen LogP) is 2.00. The maximum absolute atomic E-state index is 12.0. The summed E-state index contributed by atoms with van der Waals surface area (Å²) in [5.41, 5.74) is 7.46. The normalized spacial score (nSPS) is 12.7. The van der Waals surface area contributed by atoms with Crippen molar-refractivity contribution in [3.05, 3.63) is 18.2 Å². The second-order valence-electron chi connectivity index (χ2n) is 4.91. The number of carbonyl (C=O) groups is 1. The molecular weight excluding hydrogens is 258 g/mol. The summed E-state index contributed by atoms with van der Waals surface area (Å²) in [6.45, 7) is 3.88. The fourth-order valence-electron chi connectivity index (χ4n) is 2.31. The summed E-state index contributed by atoms with van der Waals surface area (Å²) < 4.78 is 11.8. The average molecular weight is 277 g/mol. The lowest BCUT2D eigenvalue weighted by molar-refractivity contribution is -0.145. The van der Waals surface area contributed by atoms with Gasteiger partial charge in [0.2, 0.25) is 5.95 Å². The van der Waals surface area contributed by atoms with Crippen LogP contribution in [0.5, 0.6) is 5.75 Å². The third kappa shape index (κ3) is 2.29. The molecule has 0 saturated carbocycles. The van der Waals surface area contributed by atoms with Gasteiger partial charge >= 0.3 is 5.97 Å². The summed E-state index contributed by atoms with van der Waals surface area (Å²) in [5, 5.41) is 0. The van der Waals surface area contributed by atoms with Gasteiger partial charge in [0.1, 0.15) is 11.8 Å². The SMILES string of the molecule is COC(=O)C(C(C)C)n1c(N)nc2cc(OC)ccc21. The first kappa shape index (κ1) is 14.2. The number of aromatic nitrogens is 2. The number of imidazole rings is 1. The van der Waals surface area contributed by atoms with Gasteiger partial charge in [-0.25, -0.2) is 9.78 Å². The summed E-state index contributed by atoms with van der Waals surface area (Å²) in [4.78, 5) is 16.3. The van der Waals surface area contributed by atoms with Gasteiger partial charge in [0.25, 0.3) is 0 Å². The van der Waals surface area contributed by atoms with Crippen molar-refractivity contribution in [2.45, 2.75) is 19.9 Å². The van der Waals surface area contributed by atoms with E-state index in [0.29, 0.717) is 11.3 Å². The Labute approximate surface area is 117 Å². The van der Waals surface area contributed by atoms with Crippen LogP contribution in [-0.4, -0.2) is 29.7 Å². The number of rotatable bonds is 4. The van der Waals surface area contributed by atoms with Gasteiger partial charge in [0.15, 0.2) is 0 Å². The van der Waals surface area contributed by atoms with Crippen LogP contribution in [0.3, 0.4) is 0 Å². The number of hydrogen-bond donors (Lipinski definition) is 1. The maximum Gasteiger partial charge on any atom is 0.329 e. The summed E-state index contributed by atoms with van der Waals surface area (Å²) in [6, 6.07) is 4.94. The lowest BCUT2D eigenvalue weighted by Crippen LogP contribution is -2.26. The van der Waals surface area contributed by atoms with E-state index in [1.165, 1.54) is 7.11 Å². The monoisotopic (exact) mass is 277 g/mol. The standard InChI is InChI=1S/C14H19N3O3/c1-8(2)12(13(18)20-4)17-11-6-5-9(19-3)7-10(11)16-14(17)15/h5-8,12H,1-4H3,(H2,15,16). The smallest absolute Gasteiger partial charge is 0.329 e. The minimum absolute atomic E-state index is 0.0317. The topological polar surface area (TPSA) is 79.4 Å². The van der Waals surface area contributed by atoms with Gasteiger partial charge in [-0.2, -0.15) is 0 Å². The lowest BCUT2D eigenvalue weighted by Gasteiger charge is -2.21. The molecule has 0 radical (unpaired) electrons. The van der Waals surface area contributed by atoms with E-state index >= 15 is 0 Å². The molecule has 0 aliphatic heterocycles. The fourth-order valence-corrected chi connectivity index (χ4v) is 2.31. The highest BCUT2D eigenvalue weighted by molar-refractivity contribution is 5.84. The maximum atomic E-state index is 12.0. The van der Waals surface area contributed by atoms with Gasteiger partial charge in [0, 0.05) is 6.07 Å². The van der Waals surface area contributed by atoms with Crippen molar-refractivity contribution >= 4 is 23.0 Å². The van der Waals surface area contributed by atoms with Crippen LogP contribution >= 0.6 is 0 Å². The number of nitrogens with two attached hydrogens (primary N) is 1. The van der Waals surface area contributed by atoms with Crippen LogP contribution in [0.1, 0.15) is 19.9 Å². The summed E-state index contributed by atoms with van der Waals surface area (Å²) in [7, 11) is 2.96. The molecule has 1 unspecified atom stereocenters. The Morgan fingerprint density at radius 3 is 2.60 bits per heavy atom. The number of methoxy groups -OCH3 is 2. The van der Waals surface area contributed by atoms with Crippen molar-refractivity contribution in [2.75, 3.05) is 20.0 Å². The highest BCUT2D eigenvalue weighted by atomic mass is 16.5. The Balaban J connectivity index is 2.63. The molecule has 0 fully saturated rings. The summed E-state index contributed by atoms with van der Waals surface area (Å²) in [6.07, 6.45) is 0. The van der Waals surface area contributed by atoms with Crippen LogP contribution in [-0.2, 0) is 9.53 Å². The molecule has 2 rings (SSSR count). The highest BCUT2D eigenvalue weighted by Gasteiger charge is 2.28. The van der Waals surface area contributed by atoms with E-state index in [4.69, 9.17) is 15.2 Å². The predicted molar refractivity (Wildman–Crippen MR) is 76.6 cm³/mol. The van der Waals surface area contributed by atoms with E-state index in [-0.39, 0.29) is 17.8 Å². The van der Waals surface area contributed by atoms with Gasteiger partial charge in [-0.05, 0) is 18.1 Å². The molecule has 6 heteroatoms. The Morgan fingerprint density at radius 2 is 2.05 bits per heavy atom. The first-order chi connectivity index (χ1) is 9.49. The van der Waals surface area contributed by atoms with Gasteiger partial charge in [0.05, 0.1) is 25.3 Å². The van der Waals surface area contributed by atoms with Crippen LogP contribution in [0.2, 0.25) is 0 Å². The summed E-state index contributed by atoms with van der Waals surface area (Å²) >= 11 is 0. The van der Waals surface area contributed by atoms with Crippen molar-refractivity contribution in [2.24, 2.45) is 5.92 Å². The fraction of sp³-hybridized carbons (Fsp3) is 0.429. The molecule has 0 spiro atoms. The Bertz CT molecular complexity index is 634. The third-order valence-electron chi connectivity index (χ3n) is 3.28. The van der Waals surface area contributed by atoms with Crippen LogP contribution in [0, 0.1) is 5.92 Å². The van der Waals surface area contributed by atoms with E-state index in [1.54, 1.807) is 17.7 Å². The molecule has 20 heavy (non-hydrogen) atoms. The molecule has 0 bridgehead atoms. The van der Waals surface area contributed by atoms with Crippen molar-refractivity contribution in [1.82, 2.24) is 9.55 Å². The van der Waals surface area contributed by atoms with E-state index in [0.717, 1.165) is 5.52 Å². The zero-order valence-electron chi connectivity index (χ0n) is 12.1. The zero-order chi connectivity index (χ0) is 14.9. The molecule has 1 heterocycles. The third-order valence-corrected chi connectivity index (χ3v) is 3.28. The van der Waals surface area contributed by atoms with Gasteiger partial charge in [-0.1, -0.05) is 13.8 Å². The van der Waals surface area contributed by atoms with E-state index < -0.39 is 6.04 Å². The molecule has 2 N–H and O–H groups in total. The van der Waals surface area contributed by atoms with Crippen molar-refractivity contribution < 1.29 is 14.3 Å². The minimum atomic E-state index is -0.501. The number of hydrogen-bond acceptors (Lipinski definition) is 5. The van der Waals surface area contributed by atoms with Crippen LogP contribution in [0.4, 0.5) is 5.95 Å². The number of ether oxygens (including phenoxy) is 2. The quantitative estimate of drug-likeness (QED) is 0.865. The van der Waals surface area contributed by atoms with E-state index in [1.807, 2.05) is 26.0 Å². The number of anilines is 1. The molecule has 0 aliphatic rings. The van der Waals surface area contributed by atoms with Crippen LogP contribution in [0.25, 0.3) is 11.0 Å². The van der Waals surface area contributed by atoms with Crippen molar-refractivity contribution in [3.8, 4) is 5.75 Å². The Hall–Kier alpha value is -2.24. The van der Waals surface area contributed by atoms with Crippen molar-refractivity contribution in [1.29, 1.82) is 0 Å². The van der Waals surface area contributed by atoms with Crippen LogP contribution in [0.15, 0.2) is 18.2 Å². The number of esters is 1. The average Bonchev–Trinajstić information content (AvgIpc) is 2.74. The molecule has 108 valence electrons. The second kappa shape index (κ2) is 5.40. The largest absolute Gasteiger partial charge is 0.497 e. The van der Waals surface area contributed by atoms with E-state index in [9.17, 15) is 4.79 Å². The molecule has 1 aromatic heterocycles. The molecule has 0 aliphatic carbocycles. The van der Waals surface area contributed by atoms with Crippen molar-refractivity contribution in [3.63, 3.8) is 0 Å². The summed E-state index contributed by atoms with van der Waals surface area (Å²) in [5.74, 6) is 0.685. The number of nitrogens with zero attached hydrogens (tertiary/aromatic N) is 2. The number of benzene rings is 1. The molecule has 0 amide bonds. The molecule has 1 aromatic carbocycles. The Morgan fingerprint density at radius 1 is 1.35 bits per heavy atom. The molecule has 1 atom stereocenters. The molecular formula is C14H19N3O3. The number of nitrogen functional groups attached to an aromatic ring is 1. The second-order valence-corrected chi connectivity index (χ2v) is 4.91. The van der Waals surface area contributed by atoms with Gasteiger partial charge in [-0.15, -0.1) is 0 Å². The molecule has 6 nitrogen and oxygen atoms in total. The number of carbonyl (C=O) groups excluding carboxylic acids is 1. The van der Waals surface area contributed by atoms with Gasteiger partial charge in [-0.3, -0.25) is 4.57 Å². The lowest BCUT2D eigenvalue weighted by atomic mass is 10.0.